The minimum absolute atomic E-state index is 0.0179. The van der Waals surface area contributed by atoms with E-state index in [9.17, 15) is 0 Å². The second-order valence-electron chi connectivity index (χ2n) is 4.93. The lowest BCUT2D eigenvalue weighted by Gasteiger charge is -2.33. The molecule has 4 N–H and O–H groups in total. The Morgan fingerprint density at radius 1 is 1.29 bits per heavy atom. The third-order valence-corrected chi connectivity index (χ3v) is 3.84. The predicted molar refractivity (Wildman–Crippen MR) is 56.9 cm³/mol. The van der Waals surface area contributed by atoms with Gasteiger partial charge in [-0.25, -0.2) is 0 Å². The van der Waals surface area contributed by atoms with Gasteiger partial charge in [-0.05, 0) is 50.6 Å². The fraction of sp³-hybridized carbons (Fsp3) is 1.00. The fourth-order valence-electron chi connectivity index (χ4n) is 2.77. The van der Waals surface area contributed by atoms with Crippen molar-refractivity contribution < 1.29 is 5.11 Å². The van der Waals surface area contributed by atoms with Gasteiger partial charge in [0.2, 0.25) is 0 Å². The molecule has 0 aromatic heterocycles. The van der Waals surface area contributed by atoms with Crippen molar-refractivity contribution in [1.29, 1.82) is 0 Å². The van der Waals surface area contributed by atoms with E-state index in [1.165, 1.54) is 19.3 Å². The molecule has 2 aliphatic carbocycles. The molecule has 14 heavy (non-hydrogen) atoms. The molecule has 0 radical (unpaired) electrons. The number of hydrogen-bond donors (Lipinski definition) is 3. The summed E-state index contributed by atoms with van der Waals surface area (Å²) in [4.78, 5) is 0. The molecule has 0 spiro atoms. The van der Waals surface area contributed by atoms with Crippen molar-refractivity contribution in [2.75, 3.05) is 13.1 Å². The first-order valence-corrected chi connectivity index (χ1v) is 5.91. The molecule has 3 nitrogen and oxygen atoms in total. The van der Waals surface area contributed by atoms with Crippen LogP contribution in [-0.4, -0.2) is 30.3 Å². The fourth-order valence-corrected chi connectivity index (χ4v) is 2.77. The third-order valence-electron chi connectivity index (χ3n) is 3.84. The van der Waals surface area contributed by atoms with E-state index in [0.717, 1.165) is 25.9 Å². The summed E-state index contributed by atoms with van der Waals surface area (Å²) >= 11 is 0. The summed E-state index contributed by atoms with van der Waals surface area (Å²) in [5.41, 5.74) is 5.72. The molecule has 82 valence electrons. The van der Waals surface area contributed by atoms with Crippen LogP contribution in [0.5, 0.6) is 0 Å². The maximum Gasteiger partial charge on any atom is 0.0546 e. The van der Waals surface area contributed by atoms with E-state index >= 15 is 0 Å². The standard InChI is InChI=1S/C11H22N2O/c12-6-9-2-1-3-11(9)13-7-8-4-10(14)5-8/h8-11,13-14H,1-7,12H2. The van der Waals surface area contributed by atoms with Crippen molar-refractivity contribution in [1.82, 2.24) is 5.32 Å². The number of aliphatic hydroxyl groups is 1. The van der Waals surface area contributed by atoms with Crippen molar-refractivity contribution in [2.45, 2.75) is 44.2 Å². The Morgan fingerprint density at radius 2 is 2.07 bits per heavy atom. The van der Waals surface area contributed by atoms with Gasteiger partial charge in [0.15, 0.2) is 0 Å². The first-order valence-electron chi connectivity index (χ1n) is 5.91. The highest BCUT2D eigenvalue weighted by Crippen LogP contribution is 2.28. The van der Waals surface area contributed by atoms with Gasteiger partial charge in [-0.2, -0.15) is 0 Å². The van der Waals surface area contributed by atoms with Crippen LogP contribution in [0.15, 0.2) is 0 Å². The van der Waals surface area contributed by atoms with E-state index in [-0.39, 0.29) is 6.10 Å². The van der Waals surface area contributed by atoms with Crippen LogP contribution in [0.1, 0.15) is 32.1 Å². The molecule has 2 saturated carbocycles. The molecule has 0 aliphatic heterocycles. The number of hydrogen-bond acceptors (Lipinski definition) is 3. The van der Waals surface area contributed by atoms with Gasteiger partial charge in [-0.15, -0.1) is 0 Å². The van der Waals surface area contributed by atoms with Crippen LogP contribution >= 0.6 is 0 Å². The summed E-state index contributed by atoms with van der Waals surface area (Å²) in [5, 5.41) is 12.8. The predicted octanol–water partition coefficient (Wildman–Crippen LogP) is 0.474. The SMILES string of the molecule is NCC1CCCC1NCC1CC(O)C1. The van der Waals surface area contributed by atoms with Crippen LogP contribution in [0, 0.1) is 11.8 Å². The Hall–Kier alpha value is -0.120. The summed E-state index contributed by atoms with van der Waals surface area (Å²) in [6.07, 6.45) is 5.88. The van der Waals surface area contributed by atoms with Gasteiger partial charge in [0.1, 0.15) is 0 Å². The Morgan fingerprint density at radius 3 is 2.71 bits per heavy atom. The minimum atomic E-state index is -0.0179. The highest BCUT2D eigenvalue weighted by atomic mass is 16.3. The second-order valence-corrected chi connectivity index (χ2v) is 4.93. The van der Waals surface area contributed by atoms with Crippen LogP contribution in [0.3, 0.4) is 0 Å². The van der Waals surface area contributed by atoms with Crippen LogP contribution in [0.2, 0.25) is 0 Å². The molecule has 0 bridgehead atoms. The monoisotopic (exact) mass is 198 g/mol. The summed E-state index contributed by atoms with van der Waals surface area (Å²) in [6.45, 7) is 1.91. The van der Waals surface area contributed by atoms with Crippen LogP contribution in [-0.2, 0) is 0 Å². The van der Waals surface area contributed by atoms with Gasteiger partial charge in [-0.1, -0.05) is 6.42 Å². The second kappa shape index (κ2) is 4.60. The molecule has 0 saturated heterocycles. The van der Waals surface area contributed by atoms with Crippen molar-refractivity contribution in [3.05, 3.63) is 0 Å². The highest BCUT2D eigenvalue weighted by Gasteiger charge is 2.30. The lowest BCUT2D eigenvalue weighted by atomic mass is 9.82. The van der Waals surface area contributed by atoms with E-state index in [0.29, 0.717) is 17.9 Å². The van der Waals surface area contributed by atoms with Crippen LogP contribution in [0.25, 0.3) is 0 Å². The van der Waals surface area contributed by atoms with Gasteiger partial charge in [0.05, 0.1) is 6.10 Å². The molecule has 3 heteroatoms. The third kappa shape index (κ3) is 2.27. The molecule has 2 fully saturated rings. The van der Waals surface area contributed by atoms with Crippen molar-refractivity contribution in [3.8, 4) is 0 Å². The zero-order valence-corrected chi connectivity index (χ0v) is 8.78. The quantitative estimate of drug-likeness (QED) is 0.615. The molecule has 2 atom stereocenters. The Kier molecular flexibility index (Phi) is 3.42. The summed E-state index contributed by atoms with van der Waals surface area (Å²) < 4.78 is 0. The molecule has 2 unspecified atom stereocenters. The van der Waals surface area contributed by atoms with E-state index in [1.54, 1.807) is 0 Å². The first kappa shape index (κ1) is 10.4. The molecule has 0 aromatic rings. The zero-order valence-electron chi connectivity index (χ0n) is 8.78. The summed E-state index contributed by atoms with van der Waals surface area (Å²) in [7, 11) is 0. The summed E-state index contributed by atoms with van der Waals surface area (Å²) in [5.74, 6) is 1.41. The van der Waals surface area contributed by atoms with Gasteiger partial charge >= 0.3 is 0 Å². The number of aliphatic hydroxyl groups excluding tert-OH is 1. The smallest absolute Gasteiger partial charge is 0.0546 e. The van der Waals surface area contributed by atoms with Crippen molar-refractivity contribution in [3.63, 3.8) is 0 Å². The maximum absolute atomic E-state index is 9.16. The van der Waals surface area contributed by atoms with E-state index in [2.05, 4.69) is 5.32 Å². The lowest BCUT2D eigenvalue weighted by molar-refractivity contribution is 0.0413. The average molecular weight is 198 g/mol. The van der Waals surface area contributed by atoms with Gasteiger partial charge < -0.3 is 16.2 Å². The van der Waals surface area contributed by atoms with Crippen LogP contribution < -0.4 is 11.1 Å². The van der Waals surface area contributed by atoms with E-state index in [4.69, 9.17) is 10.8 Å². The Balaban J connectivity index is 1.65. The molecule has 2 aliphatic rings. The largest absolute Gasteiger partial charge is 0.393 e. The van der Waals surface area contributed by atoms with E-state index < -0.39 is 0 Å². The molecule has 0 heterocycles. The molecule has 0 amide bonds. The van der Waals surface area contributed by atoms with Crippen molar-refractivity contribution >= 4 is 0 Å². The molecular weight excluding hydrogens is 176 g/mol. The van der Waals surface area contributed by atoms with Gasteiger partial charge in [-0.3, -0.25) is 0 Å². The highest BCUT2D eigenvalue weighted by molar-refractivity contribution is 4.87. The molecule has 2 rings (SSSR count). The Labute approximate surface area is 86.1 Å². The number of nitrogens with one attached hydrogen (secondary N) is 1. The Bertz CT molecular complexity index is 180. The topological polar surface area (TPSA) is 58.3 Å². The van der Waals surface area contributed by atoms with Gasteiger partial charge in [0.25, 0.3) is 0 Å². The van der Waals surface area contributed by atoms with E-state index in [1.807, 2.05) is 0 Å². The average Bonchev–Trinajstić information content (AvgIpc) is 2.57. The zero-order chi connectivity index (χ0) is 9.97. The first-order chi connectivity index (χ1) is 6.79. The minimum Gasteiger partial charge on any atom is -0.393 e. The van der Waals surface area contributed by atoms with Crippen LogP contribution in [0.4, 0.5) is 0 Å². The summed E-state index contributed by atoms with van der Waals surface area (Å²) in [6, 6.07) is 0.651. The molecular formula is C11H22N2O. The van der Waals surface area contributed by atoms with Crippen molar-refractivity contribution in [2.24, 2.45) is 17.6 Å². The number of rotatable bonds is 4. The maximum atomic E-state index is 9.16. The normalized spacial score (nSPS) is 42.4. The lowest BCUT2D eigenvalue weighted by Crippen LogP contribution is -2.42. The molecule has 0 aromatic carbocycles. The number of nitrogens with two attached hydrogens (primary N) is 1. The van der Waals surface area contributed by atoms with Gasteiger partial charge in [0, 0.05) is 6.04 Å².